The third-order valence-electron chi connectivity index (χ3n) is 5.34. The molecule has 1 atom stereocenters. The Morgan fingerprint density at radius 2 is 1.96 bits per heavy atom. The number of nitrogens with zero attached hydrogens (tertiary/aromatic N) is 4. The van der Waals surface area contributed by atoms with Crippen LogP contribution in [-0.2, 0) is 4.79 Å². The number of carbonyl (C=O) groups is 2. The second-order valence-electron chi connectivity index (χ2n) is 7.39. The predicted octanol–water partition coefficient (Wildman–Crippen LogP) is 3.11. The Morgan fingerprint density at radius 1 is 1.19 bits per heavy atom. The van der Waals surface area contributed by atoms with E-state index in [-0.39, 0.29) is 18.0 Å². The summed E-state index contributed by atoms with van der Waals surface area (Å²) in [4.78, 5) is 28.1. The molecule has 2 fully saturated rings. The van der Waals surface area contributed by atoms with Gasteiger partial charge in [-0.1, -0.05) is 0 Å². The number of rotatable bonds is 3. The number of amides is 3. The highest BCUT2D eigenvalue weighted by Crippen LogP contribution is 2.25. The molecule has 2 saturated heterocycles. The molecule has 2 aliphatic heterocycles. The topological polar surface area (TPSA) is 70.5 Å². The van der Waals surface area contributed by atoms with Crippen molar-refractivity contribution in [2.45, 2.75) is 39.2 Å². The Kier molecular flexibility index (Phi) is 4.59. The molecule has 0 saturated carbocycles. The van der Waals surface area contributed by atoms with E-state index < -0.39 is 0 Å². The van der Waals surface area contributed by atoms with E-state index in [2.05, 4.69) is 23.4 Å². The van der Waals surface area contributed by atoms with Crippen molar-refractivity contribution >= 4 is 23.3 Å². The van der Waals surface area contributed by atoms with Gasteiger partial charge in [0.2, 0.25) is 5.91 Å². The van der Waals surface area contributed by atoms with Crippen LogP contribution in [-0.4, -0.2) is 46.3 Å². The quantitative estimate of drug-likeness (QED) is 0.906. The van der Waals surface area contributed by atoms with E-state index in [0.29, 0.717) is 13.0 Å². The van der Waals surface area contributed by atoms with Gasteiger partial charge in [-0.3, -0.25) is 9.48 Å². The fourth-order valence-corrected chi connectivity index (χ4v) is 3.99. The van der Waals surface area contributed by atoms with Crippen LogP contribution < -0.4 is 10.2 Å². The largest absolute Gasteiger partial charge is 0.322 e. The SMILES string of the molecule is Cc1cc(C)n([C@H]2CCN(C(=O)Nc3ccc(N4CCCC4=O)cc3)C2)n1. The van der Waals surface area contributed by atoms with Crippen molar-refractivity contribution in [3.8, 4) is 0 Å². The van der Waals surface area contributed by atoms with Gasteiger partial charge in [0.25, 0.3) is 0 Å². The lowest BCUT2D eigenvalue weighted by molar-refractivity contribution is -0.117. The zero-order valence-corrected chi connectivity index (χ0v) is 15.8. The predicted molar refractivity (Wildman–Crippen MR) is 104 cm³/mol. The van der Waals surface area contributed by atoms with E-state index in [1.807, 2.05) is 40.8 Å². The standard InChI is InChI=1S/C20H25N5O2/c1-14-12-15(2)25(22-14)18-9-11-23(13-18)20(27)21-16-5-7-17(8-6-16)24-10-3-4-19(24)26/h5-8,12,18H,3-4,9-11,13H2,1-2H3,(H,21,27)/t18-/m0/s1. The summed E-state index contributed by atoms with van der Waals surface area (Å²) in [6, 6.07) is 9.69. The fraction of sp³-hybridized carbons (Fsp3) is 0.450. The van der Waals surface area contributed by atoms with Crippen molar-refractivity contribution in [2.24, 2.45) is 0 Å². The van der Waals surface area contributed by atoms with Crippen LogP contribution in [0.15, 0.2) is 30.3 Å². The molecule has 7 nitrogen and oxygen atoms in total. The molecular formula is C20H25N5O2. The number of urea groups is 1. The van der Waals surface area contributed by atoms with Gasteiger partial charge >= 0.3 is 6.03 Å². The Balaban J connectivity index is 1.37. The molecule has 0 spiro atoms. The molecule has 3 heterocycles. The summed E-state index contributed by atoms with van der Waals surface area (Å²) in [6.07, 6.45) is 2.43. The van der Waals surface area contributed by atoms with Crippen LogP contribution in [0.3, 0.4) is 0 Å². The van der Waals surface area contributed by atoms with Crippen LogP contribution in [0.2, 0.25) is 0 Å². The van der Waals surface area contributed by atoms with Crippen LogP contribution in [0.25, 0.3) is 0 Å². The minimum Gasteiger partial charge on any atom is -0.322 e. The van der Waals surface area contributed by atoms with Gasteiger partial charge in [-0.25, -0.2) is 4.79 Å². The molecule has 0 radical (unpaired) electrons. The molecule has 4 rings (SSSR count). The van der Waals surface area contributed by atoms with Crippen molar-refractivity contribution in [1.29, 1.82) is 0 Å². The molecule has 142 valence electrons. The molecule has 0 bridgehead atoms. The summed E-state index contributed by atoms with van der Waals surface area (Å²) >= 11 is 0. The van der Waals surface area contributed by atoms with Gasteiger partial charge < -0.3 is 15.1 Å². The first-order valence-corrected chi connectivity index (χ1v) is 9.50. The first-order valence-electron chi connectivity index (χ1n) is 9.50. The lowest BCUT2D eigenvalue weighted by atomic mass is 10.2. The van der Waals surface area contributed by atoms with E-state index in [0.717, 1.165) is 48.7 Å². The van der Waals surface area contributed by atoms with Crippen LogP contribution >= 0.6 is 0 Å². The van der Waals surface area contributed by atoms with Gasteiger partial charge in [-0.15, -0.1) is 0 Å². The fourth-order valence-electron chi connectivity index (χ4n) is 3.99. The number of anilines is 2. The molecule has 0 unspecified atom stereocenters. The Morgan fingerprint density at radius 3 is 2.59 bits per heavy atom. The van der Waals surface area contributed by atoms with Crippen LogP contribution in [0.5, 0.6) is 0 Å². The average molecular weight is 367 g/mol. The van der Waals surface area contributed by atoms with Crippen molar-refractivity contribution in [3.63, 3.8) is 0 Å². The maximum absolute atomic E-state index is 12.6. The summed E-state index contributed by atoms with van der Waals surface area (Å²) in [6.45, 7) is 6.19. The van der Waals surface area contributed by atoms with E-state index in [1.165, 1.54) is 0 Å². The van der Waals surface area contributed by atoms with Crippen LogP contribution in [0.4, 0.5) is 16.2 Å². The molecule has 1 N–H and O–H groups in total. The summed E-state index contributed by atoms with van der Waals surface area (Å²) in [5.74, 6) is 0.166. The summed E-state index contributed by atoms with van der Waals surface area (Å²) in [5, 5.41) is 7.51. The number of hydrogen-bond acceptors (Lipinski definition) is 3. The Hall–Kier alpha value is -2.83. The summed E-state index contributed by atoms with van der Waals surface area (Å²) < 4.78 is 2.03. The number of benzene rings is 1. The lowest BCUT2D eigenvalue weighted by Gasteiger charge is -2.19. The number of nitrogens with one attached hydrogen (secondary N) is 1. The molecule has 0 aliphatic carbocycles. The van der Waals surface area contributed by atoms with Gasteiger partial charge in [0, 0.05) is 43.1 Å². The smallest absolute Gasteiger partial charge is 0.321 e. The first kappa shape index (κ1) is 17.6. The van der Waals surface area contributed by atoms with E-state index in [4.69, 9.17) is 0 Å². The van der Waals surface area contributed by atoms with Gasteiger partial charge in [-0.2, -0.15) is 5.10 Å². The first-order chi connectivity index (χ1) is 13.0. The number of likely N-dealkylation sites (tertiary alicyclic amines) is 1. The minimum absolute atomic E-state index is 0.0935. The van der Waals surface area contributed by atoms with E-state index >= 15 is 0 Å². The summed E-state index contributed by atoms with van der Waals surface area (Å²) in [7, 11) is 0. The van der Waals surface area contributed by atoms with Crippen LogP contribution in [0, 0.1) is 13.8 Å². The lowest BCUT2D eigenvalue weighted by Crippen LogP contribution is -2.33. The molecular weight excluding hydrogens is 342 g/mol. The van der Waals surface area contributed by atoms with Gasteiger partial charge in [0.1, 0.15) is 0 Å². The number of aryl methyl sites for hydroxylation is 2. The van der Waals surface area contributed by atoms with Gasteiger partial charge in [0.15, 0.2) is 0 Å². The second kappa shape index (κ2) is 7.06. The van der Waals surface area contributed by atoms with Gasteiger partial charge in [0.05, 0.1) is 11.7 Å². The highest BCUT2D eigenvalue weighted by Gasteiger charge is 2.29. The zero-order valence-electron chi connectivity index (χ0n) is 15.8. The third-order valence-corrected chi connectivity index (χ3v) is 5.34. The van der Waals surface area contributed by atoms with E-state index in [1.54, 1.807) is 4.90 Å². The Labute approximate surface area is 158 Å². The third kappa shape index (κ3) is 3.54. The number of hydrogen-bond donors (Lipinski definition) is 1. The molecule has 1 aromatic carbocycles. The van der Waals surface area contributed by atoms with Crippen molar-refractivity contribution < 1.29 is 9.59 Å². The van der Waals surface area contributed by atoms with E-state index in [9.17, 15) is 9.59 Å². The maximum Gasteiger partial charge on any atom is 0.321 e. The molecule has 2 aliphatic rings. The normalized spacial score (nSPS) is 19.8. The highest BCUT2D eigenvalue weighted by molar-refractivity contribution is 5.96. The minimum atomic E-state index is -0.0935. The van der Waals surface area contributed by atoms with Crippen LogP contribution in [0.1, 0.15) is 36.7 Å². The number of aromatic nitrogens is 2. The highest BCUT2D eigenvalue weighted by atomic mass is 16.2. The maximum atomic E-state index is 12.6. The Bertz CT molecular complexity index is 858. The molecule has 2 aromatic rings. The molecule has 3 amide bonds. The average Bonchev–Trinajstić information content (AvgIpc) is 3.36. The van der Waals surface area contributed by atoms with Gasteiger partial charge in [-0.05, 0) is 57.0 Å². The summed E-state index contributed by atoms with van der Waals surface area (Å²) in [5.41, 5.74) is 3.77. The number of carbonyl (C=O) groups excluding carboxylic acids is 2. The molecule has 7 heteroatoms. The van der Waals surface area contributed by atoms with Crippen molar-refractivity contribution in [1.82, 2.24) is 14.7 Å². The van der Waals surface area contributed by atoms with Crippen molar-refractivity contribution in [3.05, 3.63) is 41.7 Å². The molecule has 1 aromatic heterocycles. The second-order valence-corrected chi connectivity index (χ2v) is 7.39. The zero-order chi connectivity index (χ0) is 19.0. The monoisotopic (exact) mass is 367 g/mol. The van der Waals surface area contributed by atoms with Crippen molar-refractivity contribution in [2.75, 3.05) is 29.9 Å². The molecule has 27 heavy (non-hydrogen) atoms.